The van der Waals surface area contributed by atoms with Crippen LogP contribution in [0.3, 0.4) is 0 Å². The lowest BCUT2D eigenvalue weighted by Crippen LogP contribution is -2.13. The Labute approximate surface area is 111 Å². The second kappa shape index (κ2) is 6.43. The highest BCUT2D eigenvalue weighted by molar-refractivity contribution is 5.19. The molecule has 0 aliphatic heterocycles. The average Bonchev–Trinajstić information content (AvgIpc) is 2.83. The molecule has 0 aliphatic rings. The molecule has 0 aliphatic carbocycles. The average molecular weight is 265 g/mol. The van der Waals surface area contributed by atoms with Crippen molar-refractivity contribution >= 4 is 0 Å². The third-order valence-corrected chi connectivity index (χ3v) is 2.80. The summed E-state index contributed by atoms with van der Waals surface area (Å²) in [5.74, 6) is -1.61. The Bertz CT molecular complexity index is 537. The van der Waals surface area contributed by atoms with Crippen molar-refractivity contribution in [3.8, 4) is 0 Å². The molecule has 0 saturated heterocycles. The molecule has 0 spiro atoms. The summed E-state index contributed by atoms with van der Waals surface area (Å²) in [5.41, 5.74) is 1.22. The van der Waals surface area contributed by atoms with Crippen LogP contribution < -0.4 is 5.32 Å². The molecule has 1 aromatic heterocycles. The number of imidazole rings is 1. The maximum atomic E-state index is 13.5. The number of nitrogens with one attached hydrogen (secondary N) is 1. The summed E-state index contributed by atoms with van der Waals surface area (Å²) in [4.78, 5) is 4.22. The minimum atomic E-state index is -0.817. The lowest BCUT2D eigenvalue weighted by molar-refractivity contribution is 0.495. The second-order valence-electron chi connectivity index (χ2n) is 4.43. The highest BCUT2D eigenvalue weighted by Crippen LogP contribution is 2.13. The first kappa shape index (κ1) is 13.7. The molecule has 19 heavy (non-hydrogen) atoms. The Balaban J connectivity index is 2.01. The highest BCUT2D eigenvalue weighted by Gasteiger charge is 2.08. The second-order valence-corrected chi connectivity index (χ2v) is 4.43. The maximum Gasteiger partial charge on any atom is 0.163 e. The Morgan fingerprint density at radius 2 is 2.16 bits per heavy atom. The van der Waals surface area contributed by atoms with Crippen LogP contribution in [-0.2, 0) is 13.1 Å². The van der Waals surface area contributed by atoms with Crippen LogP contribution >= 0.6 is 0 Å². The fourth-order valence-electron chi connectivity index (χ4n) is 1.84. The number of hydrogen-bond acceptors (Lipinski definition) is 2. The van der Waals surface area contributed by atoms with E-state index in [1.54, 1.807) is 17.0 Å². The molecule has 0 bridgehead atoms. The van der Waals surface area contributed by atoms with E-state index in [0.29, 0.717) is 12.1 Å². The molecule has 0 unspecified atom stereocenters. The molecule has 0 saturated carbocycles. The zero-order valence-electron chi connectivity index (χ0n) is 10.9. The number of aromatic nitrogens is 2. The molecule has 1 N–H and O–H groups in total. The van der Waals surface area contributed by atoms with Crippen molar-refractivity contribution in [1.82, 2.24) is 14.9 Å². The fourth-order valence-corrected chi connectivity index (χ4v) is 1.84. The van der Waals surface area contributed by atoms with Gasteiger partial charge in [0.15, 0.2) is 11.6 Å². The molecular weight excluding hydrogens is 248 g/mol. The summed E-state index contributed by atoms with van der Waals surface area (Å²) >= 11 is 0. The number of nitrogens with zero attached hydrogens (tertiary/aromatic N) is 2. The van der Waals surface area contributed by atoms with Gasteiger partial charge in [-0.05, 0) is 19.0 Å². The summed E-state index contributed by atoms with van der Waals surface area (Å²) < 4.78 is 28.4. The lowest BCUT2D eigenvalue weighted by atomic mass is 10.2. The van der Waals surface area contributed by atoms with Crippen molar-refractivity contribution in [3.05, 3.63) is 53.6 Å². The van der Waals surface area contributed by atoms with E-state index in [2.05, 4.69) is 17.2 Å². The van der Waals surface area contributed by atoms with E-state index in [0.717, 1.165) is 24.7 Å². The summed E-state index contributed by atoms with van der Waals surface area (Å²) in [6, 6.07) is 4.20. The number of hydrogen-bond donors (Lipinski definition) is 1. The van der Waals surface area contributed by atoms with Crippen LogP contribution in [0.4, 0.5) is 8.78 Å². The molecule has 0 fully saturated rings. The van der Waals surface area contributed by atoms with Crippen LogP contribution in [0.5, 0.6) is 0 Å². The Kier molecular flexibility index (Phi) is 4.63. The van der Waals surface area contributed by atoms with Crippen LogP contribution in [0.15, 0.2) is 30.7 Å². The molecule has 1 aromatic carbocycles. The normalized spacial score (nSPS) is 10.9. The third kappa shape index (κ3) is 3.61. The van der Waals surface area contributed by atoms with Gasteiger partial charge in [0.2, 0.25) is 0 Å². The first-order valence-electron chi connectivity index (χ1n) is 6.35. The summed E-state index contributed by atoms with van der Waals surface area (Å²) in [6.07, 6.45) is 4.54. The van der Waals surface area contributed by atoms with Crippen LogP contribution in [0.25, 0.3) is 0 Å². The van der Waals surface area contributed by atoms with Crippen molar-refractivity contribution in [2.75, 3.05) is 6.54 Å². The number of rotatable bonds is 6. The molecule has 0 atom stereocenters. The van der Waals surface area contributed by atoms with E-state index in [1.807, 2.05) is 6.20 Å². The van der Waals surface area contributed by atoms with Crippen molar-refractivity contribution < 1.29 is 8.78 Å². The minimum absolute atomic E-state index is 0.282. The zero-order chi connectivity index (χ0) is 13.7. The van der Waals surface area contributed by atoms with Crippen LogP contribution in [-0.4, -0.2) is 16.1 Å². The summed E-state index contributed by atoms with van der Waals surface area (Å²) in [5, 5.41) is 3.24. The van der Waals surface area contributed by atoms with E-state index >= 15 is 0 Å². The van der Waals surface area contributed by atoms with Gasteiger partial charge in [-0.25, -0.2) is 13.8 Å². The van der Waals surface area contributed by atoms with Crippen molar-refractivity contribution in [1.29, 1.82) is 0 Å². The Morgan fingerprint density at radius 1 is 1.32 bits per heavy atom. The lowest BCUT2D eigenvalue weighted by Gasteiger charge is -2.04. The molecule has 0 amide bonds. The van der Waals surface area contributed by atoms with Crippen molar-refractivity contribution in [2.24, 2.45) is 0 Å². The largest absolute Gasteiger partial charge is 0.333 e. The van der Waals surface area contributed by atoms with Crippen molar-refractivity contribution in [2.45, 2.75) is 26.4 Å². The predicted molar refractivity (Wildman–Crippen MR) is 69.7 cm³/mol. The molecule has 0 radical (unpaired) electrons. The van der Waals surface area contributed by atoms with Gasteiger partial charge in [-0.1, -0.05) is 19.1 Å². The van der Waals surface area contributed by atoms with E-state index in [4.69, 9.17) is 0 Å². The first-order chi connectivity index (χ1) is 9.20. The number of halogens is 2. The Morgan fingerprint density at radius 3 is 2.95 bits per heavy atom. The quantitative estimate of drug-likeness (QED) is 0.814. The van der Waals surface area contributed by atoms with Gasteiger partial charge in [-0.15, -0.1) is 0 Å². The summed E-state index contributed by atoms with van der Waals surface area (Å²) in [7, 11) is 0. The van der Waals surface area contributed by atoms with Gasteiger partial charge < -0.3 is 9.88 Å². The van der Waals surface area contributed by atoms with Gasteiger partial charge in [0.25, 0.3) is 0 Å². The zero-order valence-corrected chi connectivity index (χ0v) is 10.9. The first-order valence-corrected chi connectivity index (χ1v) is 6.35. The third-order valence-electron chi connectivity index (χ3n) is 2.80. The van der Waals surface area contributed by atoms with Gasteiger partial charge >= 0.3 is 0 Å². The van der Waals surface area contributed by atoms with E-state index in [1.165, 1.54) is 6.07 Å². The van der Waals surface area contributed by atoms with Crippen LogP contribution in [0, 0.1) is 11.6 Å². The molecule has 5 heteroatoms. The van der Waals surface area contributed by atoms with Gasteiger partial charge in [0.1, 0.15) is 0 Å². The molecule has 2 rings (SSSR count). The fraction of sp³-hybridized carbons (Fsp3) is 0.357. The smallest absolute Gasteiger partial charge is 0.163 e. The maximum absolute atomic E-state index is 13.5. The molecule has 3 nitrogen and oxygen atoms in total. The van der Waals surface area contributed by atoms with E-state index < -0.39 is 11.6 Å². The van der Waals surface area contributed by atoms with Gasteiger partial charge in [0.05, 0.1) is 18.6 Å². The van der Waals surface area contributed by atoms with Crippen LogP contribution in [0.1, 0.15) is 24.6 Å². The molecule has 102 valence electrons. The molecule has 2 aromatic rings. The predicted octanol–water partition coefficient (Wildman–Crippen LogP) is 2.71. The molecular formula is C14H17F2N3. The summed E-state index contributed by atoms with van der Waals surface area (Å²) in [6.45, 7) is 4.00. The van der Waals surface area contributed by atoms with E-state index in [-0.39, 0.29) is 6.54 Å². The minimum Gasteiger partial charge on any atom is -0.333 e. The van der Waals surface area contributed by atoms with Crippen molar-refractivity contribution in [3.63, 3.8) is 0 Å². The Hall–Kier alpha value is -1.75. The van der Waals surface area contributed by atoms with Gasteiger partial charge in [-0.2, -0.15) is 0 Å². The monoisotopic (exact) mass is 265 g/mol. The van der Waals surface area contributed by atoms with Crippen LogP contribution in [0.2, 0.25) is 0 Å². The SMILES string of the molecule is CCCNCc1cn(Cc2cccc(F)c2F)cn1. The number of benzene rings is 1. The topological polar surface area (TPSA) is 29.9 Å². The standard InChI is InChI=1S/C14H17F2N3/c1-2-6-17-7-12-9-19(10-18-12)8-11-4-3-5-13(15)14(11)16/h3-5,9-10,17H,2,6-8H2,1H3. The highest BCUT2D eigenvalue weighted by atomic mass is 19.2. The van der Waals surface area contributed by atoms with Gasteiger partial charge in [-0.3, -0.25) is 0 Å². The molecule has 1 heterocycles. The van der Waals surface area contributed by atoms with Gasteiger partial charge in [0, 0.05) is 18.3 Å². The van der Waals surface area contributed by atoms with E-state index in [9.17, 15) is 8.78 Å².